The number of carboxylic acids is 3. The van der Waals surface area contributed by atoms with E-state index in [2.05, 4.69) is 19.4 Å². The monoisotopic (exact) mass is 851 g/mol. The number of aliphatic hydroxyl groups is 4. The topological polar surface area (TPSA) is 355 Å². The Bertz CT molecular complexity index is 1280. The van der Waals surface area contributed by atoms with Crippen LogP contribution in [-0.4, -0.2) is 190 Å². The molecule has 3 rings (SSSR count). The van der Waals surface area contributed by atoms with Crippen molar-refractivity contribution in [3.8, 4) is 0 Å². The van der Waals surface area contributed by atoms with Crippen molar-refractivity contribution in [2.24, 2.45) is 17.1 Å². The highest BCUT2D eigenvalue weighted by Crippen LogP contribution is 2.40. The van der Waals surface area contributed by atoms with Crippen LogP contribution in [0.25, 0.3) is 0 Å². The van der Waals surface area contributed by atoms with Gasteiger partial charge in [-0.2, -0.15) is 0 Å². The summed E-state index contributed by atoms with van der Waals surface area (Å²) in [5, 5.41) is 88.0. The average Bonchev–Trinajstić information content (AvgIpc) is 3.08. The number of carbonyl (C=O) groups is 3. The normalized spacial score (nSPS) is 36.5. The highest BCUT2D eigenvalue weighted by Gasteiger charge is 2.55. The molecule has 332 valence electrons. The number of rotatable bonds is 21. The number of nitrogens with one attached hydrogen (secondary N) is 2. The van der Waals surface area contributed by atoms with E-state index in [0.717, 1.165) is 0 Å². The number of hydrogen-bond acceptors (Lipinski definition) is 22. The van der Waals surface area contributed by atoms with Gasteiger partial charge in [0.2, 0.25) is 0 Å². The first-order valence-corrected chi connectivity index (χ1v) is 18.6. The van der Waals surface area contributed by atoms with E-state index in [4.69, 9.17) is 54.0 Å². The summed E-state index contributed by atoms with van der Waals surface area (Å²) in [6.07, 6.45) is -16.1. The zero-order valence-electron chi connectivity index (χ0n) is 32.3. The zero-order chi connectivity index (χ0) is 42.8. The second-order valence-electron chi connectivity index (χ2n) is 15.7. The van der Waals surface area contributed by atoms with Crippen molar-refractivity contribution < 1.29 is 103 Å². The maximum Gasteiger partial charge on any atom is 0.329 e. The molecule has 0 bridgehead atoms. The van der Waals surface area contributed by atoms with Crippen LogP contribution in [0, 0.1) is 11.3 Å². The van der Waals surface area contributed by atoms with Crippen LogP contribution in [0.1, 0.15) is 41.5 Å². The van der Waals surface area contributed by atoms with E-state index in [1.807, 2.05) is 20.8 Å². The van der Waals surface area contributed by atoms with Crippen LogP contribution in [0.4, 0.5) is 0 Å². The van der Waals surface area contributed by atoms with Crippen molar-refractivity contribution in [3.05, 3.63) is 0 Å². The summed E-state index contributed by atoms with van der Waals surface area (Å²) in [6, 6.07) is -4.03. The van der Waals surface area contributed by atoms with Gasteiger partial charge in [0.1, 0.15) is 62.1 Å². The Labute approximate surface area is 332 Å². The van der Waals surface area contributed by atoms with E-state index in [9.17, 15) is 45.0 Å². The van der Waals surface area contributed by atoms with Crippen LogP contribution >= 0.6 is 12.2 Å². The Hall–Kier alpha value is -1.96. The molecular weight excluding hydrogens is 794 g/mol. The molecule has 24 nitrogen and oxygen atoms in total. The third kappa shape index (κ3) is 14.3. The summed E-state index contributed by atoms with van der Waals surface area (Å²) in [5.41, 5.74) is 4.89. The number of ether oxygens (including phenoxy) is 8. The molecule has 0 amide bonds. The third-order valence-electron chi connectivity index (χ3n) is 9.12. The molecule has 15 unspecified atom stereocenters. The number of aliphatic carboxylic acids is 3. The molecule has 0 radical (unpaired) electrons. The Morgan fingerprint density at radius 3 is 1.79 bits per heavy atom. The van der Waals surface area contributed by atoms with Crippen molar-refractivity contribution in [2.45, 2.75) is 133 Å². The molecule has 3 aliphatic heterocycles. The van der Waals surface area contributed by atoms with Gasteiger partial charge in [-0.05, 0) is 26.2 Å². The molecule has 25 heteroatoms. The smallest absolute Gasteiger partial charge is 0.329 e. The quantitative estimate of drug-likeness (QED) is 0.0180. The molecule has 3 saturated heterocycles. The van der Waals surface area contributed by atoms with Crippen LogP contribution in [0.3, 0.4) is 0 Å². The molecule has 15 atom stereocenters. The first-order valence-electron chi connectivity index (χ1n) is 17.9. The Balaban J connectivity index is 1.96. The summed E-state index contributed by atoms with van der Waals surface area (Å²) >= 11 is 0.326. The average molecular weight is 852 g/mol. The molecule has 12 N–H and O–H groups in total. The molecule has 57 heavy (non-hydrogen) atoms. The Morgan fingerprint density at radius 1 is 0.737 bits per heavy atom. The first kappa shape index (κ1) is 49.4. The molecule has 3 aliphatic rings. The lowest BCUT2D eigenvalue weighted by Gasteiger charge is -2.51. The summed E-state index contributed by atoms with van der Waals surface area (Å²) < 4.78 is 54.1. The second-order valence-corrected chi connectivity index (χ2v) is 16.2. The lowest BCUT2D eigenvalue weighted by molar-refractivity contribution is -0.432. The van der Waals surface area contributed by atoms with E-state index in [1.165, 1.54) is 0 Å². The lowest BCUT2D eigenvalue weighted by Crippen LogP contribution is -2.70. The van der Waals surface area contributed by atoms with Gasteiger partial charge >= 0.3 is 17.9 Å². The van der Waals surface area contributed by atoms with E-state index < -0.39 is 154 Å². The highest BCUT2D eigenvalue weighted by atomic mass is 32.2. The fraction of sp³-hybridized carbons (Fsp3) is 0.906. The van der Waals surface area contributed by atoms with Gasteiger partial charge in [0.25, 0.3) is 0 Å². The van der Waals surface area contributed by atoms with Crippen molar-refractivity contribution in [3.63, 3.8) is 0 Å². The van der Waals surface area contributed by atoms with Crippen LogP contribution in [0.2, 0.25) is 0 Å². The maximum atomic E-state index is 11.8. The first-order chi connectivity index (χ1) is 26.6. The summed E-state index contributed by atoms with van der Waals surface area (Å²) in [4.78, 5) is 34.1. The third-order valence-corrected chi connectivity index (χ3v) is 9.61. The number of aliphatic hydroxyl groups excluding tert-OH is 4. The molecule has 0 spiro atoms. The molecule has 0 saturated carbocycles. The van der Waals surface area contributed by atoms with Gasteiger partial charge in [0.05, 0.1) is 62.3 Å². The zero-order valence-corrected chi connectivity index (χ0v) is 33.1. The minimum absolute atomic E-state index is 0.290. The van der Waals surface area contributed by atoms with Crippen molar-refractivity contribution in [1.29, 1.82) is 0 Å². The predicted octanol–water partition coefficient (Wildman–Crippen LogP) is -3.00. The van der Waals surface area contributed by atoms with Crippen LogP contribution in [-0.2, 0) is 61.7 Å². The molecule has 0 aromatic rings. The van der Waals surface area contributed by atoms with Gasteiger partial charge in [-0.15, -0.1) is 4.33 Å². The van der Waals surface area contributed by atoms with Crippen LogP contribution in [0.15, 0.2) is 0 Å². The summed E-state index contributed by atoms with van der Waals surface area (Å²) in [5.74, 6) is -4.61. The van der Waals surface area contributed by atoms with E-state index in [1.54, 1.807) is 20.8 Å². The van der Waals surface area contributed by atoms with Crippen molar-refractivity contribution in [2.75, 3.05) is 39.6 Å². The minimum Gasteiger partial charge on any atom is -0.480 e. The van der Waals surface area contributed by atoms with E-state index in [0.29, 0.717) is 12.2 Å². The van der Waals surface area contributed by atoms with Gasteiger partial charge in [-0.3, -0.25) is 10.1 Å². The predicted molar refractivity (Wildman–Crippen MR) is 188 cm³/mol. The number of nitrogens with two attached hydrogens (primary N) is 1. The summed E-state index contributed by atoms with van der Waals surface area (Å²) in [7, 11) is 0. The van der Waals surface area contributed by atoms with Crippen LogP contribution in [0.5, 0.6) is 0 Å². The largest absolute Gasteiger partial charge is 0.480 e. The number of carboxylic acid groups (broad SMARTS) is 3. The summed E-state index contributed by atoms with van der Waals surface area (Å²) in [6.45, 7) is 6.64. The molecule has 3 fully saturated rings. The van der Waals surface area contributed by atoms with Crippen LogP contribution < -0.4 is 15.8 Å². The van der Waals surface area contributed by atoms with E-state index >= 15 is 0 Å². The van der Waals surface area contributed by atoms with Gasteiger partial charge < -0.3 is 79.4 Å². The fourth-order valence-electron chi connectivity index (χ4n) is 6.80. The van der Waals surface area contributed by atoms with Gasteiger partial charge in [-0.1, -0.05) is 25.8 Å². The Morgan fingerprint density at radius 2 is 1.26 bits per heavy atom. The van der Waals surface area contributed by atoms with Crippen molar-refractivity contribution >= 4 is 30.1 Å². The molecule has 0 aromatic carbocycles. The van der Waals surface area contributed by atoms with E-state index in [-0.39, 0.29) is 6.61 Å². The maximum absolute atomic E-state index is 11.8. The second kappa shape index (κ2) is 22.0. The number of hydrogen-bond donors (Lipinski definition) is 11. The molecule has 0 aliphatic carbocycles. The fourth-order valence-corrected chi connectivity index (χ4v) is 7.23. The highest BCUT2D eigenvalue weighted by molar-refractivity contribution is 7.92. The van der Waals surface area contributed by atoms with Gasteiger partial charge in [-0.25, -0.2) is 19.6 Å². The lowest BCUT2D eigenvalue weighted by atomic mass is 9.71. The minimum atomic E-state index is -1.80. The van der Waals surface area contributed by atoms with Crippen molar-refractivity contribution in [1.82, 2.24) is 10.0 Å². The van der Waals surface area contributed by atoms with Gasteiger partial charge in [0, 0.05) is 5.92 Å². The van der Waals surface area contributed by atoms with Gasteiger partial charge in [0.15, 0.2) is 18.9 Å². The molecule has 3 heterocycles. The molecule has 0 aromatic heterocycles. The SMILES string of the molecule is CC(C)(C)OC1OC(COCC(=O)O)C(OC2OC(CO)C(OC3OC(COCC(=O)O)C(C(C)(C)C)C(O)C3N)C(O)C2NCC(=O)O)C(O)C1NSOOO. The Kier molecular flexibility index (Phi) is 19.1. The standard InChI is InChI=1S/C32H57N3O21S/c1-31(2,3)19-14(9-47-11-17(39)40)50-28(20(33)23(19)43)52-26-13(8-36)49-29(21(24(26)44)34-7-16(37)38)53-27-15(10-48-12-18(41)42)51-30(54-32(4,5)6)22(25(27)45)35-57-56-55-46/h13-15,19-30,34-36,43-46H,7-12,33H2,1-6H3,(H,37,38)(H,39,40)(H,41,42). The molecular formula is C32H57N3O21S.